The number of carbonyl (C=O) groups excluding carboxylic acids is 1. The van der Waals surface area contributed by atoms with Crippen molar-refractivity contribution in [3.05, 3.63) is 29.8 Å². The van der Waals surface area contributed by atoms with E-state index in [9.17, 15) is 4.79 Å². The minimum absolute atomic E-state index is 0.0564. The van der Waals surface area contributed by atoms with Crippen LogP contribution in [0.5, 0.6) is 0 Å². The third kappa shape index (κ3) is 3.37. The maximum atomic E-state index is 12.2. The second-order valence-corrected chi connectivity index (χ2v) is 8.37. The number of hydrogen-bond donors (Lipinski definition) is 0. The molecule has 1 aromatic carbocycles. The van der Waals surface area contributed by atoms with Crippen LogP contribution >= 0.6 is 11.3 Å². The summed E-state index contributed by atoms with van der Waals surface area (Å²) in [5.74, 6) is 0.584. The number of rotatable bonds is 4. The molecule has 0 amide bonds. The Morgan fingerprint density at radius 2 is 2.09 bits per heavy atom. The summed E-state index contributed by atoms with van der Waals surface area (Å²) < 4.78 is 14.1. The molecule has 1 aliphatic heterocycles. The number of thiophene rings is 1. The van der Waals surface area contributed by atoms with Crippen LogP contribution in [0.25, 0.3) is 10.1 Å². The molecule has 3 nitrogen and oxygen atoms in total. The lowest BCUT2D eigenvalue weighted by molar-refractivity contribution is 0.0842. The smallest absolute Gasteiger partial charge is 0.401 e. The van der Waals surface area contributed by atoms with Gasteiger partial charge >= 0.3 is 7.12 Å². The molecular formula is C18H23BO3S. The van der Waals surface area contributed by atoms with Crippen molar-refractivity contribution in [1.82, 2.24) is 0 Å². The molecule has 2 heterocycles. The van der Waals surface area contributed by atoms with Gasteiger partial charge in [0.1, 0.15) is 0 Å². The van der Waals surface area contributed by atoms with E-state index in [1.807, 2.05) is 39.0 Å². The molecule has 3 rings (SSSR count). The quantitative estimate of drug-likeness (QED) is 0.627. The van der Waals surface area contributed by atoms with E-state index in [4.69, 9.17) is 9.31 Å². The molecule has 122 valence electrons. The molecule has 23 heavy (non-hydrogen) atoms. The topological polar surface area (TPSA) is 35.5 Å². The third-order valence-corrected chi connectivity index (χ3v) is 5.52. The van der Waals surface area contributed by atoms with E-state index < -0.39 is 0 Å². The molecule has 1 saturated heterocycles. The van der Waals surface area contributed by atoms with E-state index >= 15 is 0 Å². The number of hydrogen-bond acceptors (Lipinski definition) is 4. The van der Waals surface area contributed by atoms with E-state index in [-0.39, 0.29) is 24.6 Å². The first-order valence-electron chi connectivity index (χ1n) is 8.16. The molecule has 1 aliphatic rings. The Balaban J connectivity index is 1.87. The second kappa shape index (κ2) is 6.04. The summed E-state index contributed by atoms with van der Waals surface area (Å²) in [6.45, 7) is 10.3. The number of carbonyl (C=O) groups is 1. The molecule has 1 atom stereocenters. The Labute approximate surface area is 142 Å². The van der Waals surface area contributed by atoms with Crippen LogP contribution in [0.4, 0.5) is 0 Å². The molecule has 1 aromatic heterocycles. The third-order valence-electron chi connectivity index (χ3n) is 4.40. The highest BCUT2D eigenvalue weighted by molar-refractivity contribution is 7.28. The molecule has 0 spiro atoms. The predicted octanol–water partition coefficient (Wildman–Crippen LogP) is 4.04. The van der Waals surface area contributed by atoms with Gasteiger partial charge in [-0.2, -0.15) is 0 Å². The standard InChI is InChI=1S/C18H23BO3S/c1-11(2)8-15(20)13-6-7-14-10-17(23-16(14)9-13)19-21-12(3)18(4,5)22-19/h6-7,9-12H,8H2,1-5H3. The van der Waals surface area contributed by atoms with Crippen molar-refractivity contribution >= 4 is 39.1 Å². The lowest BCUT2D eigenvalue weighted by Gasteiger charge is -2.21. The summed E-state index contributed by atoms with van der Waals surface area (Å²) in [5, 5.41) is 1.13. The first kappa shape index (κ1) is 16.7. The lowest BCUT2D eigenvalue weighted by atomic mass is 9.87. The van der Waals surface area contributed by atoms with Crippen LogP contribution in [0.15, 0.2) is 24.3 Å². The zero-order chi connectivity index (χ0) is 16.8. The summed E-state index contributed by atoms with van der Waals surface area (Å²) in [4.78, 5) is 12.2. The van der Waals surface area contributed by atoms with E-state index in [0.717, 1.165) is 20.4 Å². The van der Waals surface area contributed by atoms with Crippen LogP contribution in [-0.2, 0) is 9.31 Å². The Hall–Kier alpha value is -1.17. The monoisotopic (exact) mass is 330 g/mol. The normalized spacial score (nSPS) is 20.6. The molecule has 0 N–H and O–H groups in total. The Bertz CT molecular complexity index is 735. The van der Waals surface area contributed by atoms with Crippen LogP contribution < -0.4 is 4.78 Å². The zero-order valence-corrected chi connectivity index (χ0v) is 15.2. The van der Waals surface area contributed by atoms with E-state index in [2.05, 4.69) is 19.9 Å². The van der Waals surface area contributed by atoms with Gasteiger partial charge in [0.25, 0.3) is 0 Å². The van der Waals surface area contributed by atoms with Gasteiger partial charge in [-0.25, -0.2) is 0 Å². The summed E-state index contributed by atoms with van der Waals surface area (Å²) in [6.07, 6.45) is 0.644. The zero-order valence-electron chi connectivity index (χ0n) is 14.4. The van der Waals surface area contributed by atoms with Gasteiger partial charge in [-0.15, -0.1) is 11.3 Å². The second-order valence-electron chi connectivity index (χ2n) is 7.25. The van der Waals surface area contributed by atoms with Gasteiger partial charge in [-0.3, -0.25) is 4.79 Å². The number of fused-ring (bicyclic) bond motifs is 1. The van der Waals surface area contributed by atoms with Crippen LogP contribution in [0.3, 0.4) is 0 Å². The maximum absolute atomic E-state index is 12.2. The average molecular weight is 330 g/mol. The van der Waals surface area contributed by atoms with Gasteiger partial charge in [-0.1, -0.05) is 26.0 Å². The van der Waals surface area contributed by atoms with Crippen molar-refractivity contribution in [3.8, 4) is 0 Å². The SMILES string of the molecule is CC(C)CC(=O)c1ccc2cc(B3OC(C)C(C)(C)O3)sc2c1. The van der Waals surface area contributed by atoms with Crippen LogP contribution in [0, 0.1) is 5.92 Å². The van der Waals surface area contributed by atoms with Crippen LogP contribution in [0.2, 0.25) is 0 Å². The molecule has 2 aromatic rings. The largest absolute Gasteiger partial charge is 0.505 e. The Kier molecular flexibility index (Phi) is 4.38. The Morgan fingerprint density at radius 1 is 1.35 bits per heavy atom. The van der Waals surface area contributed by atoms with Gasteiger partial charge in [0, 0.05) is 21.5 Å². The van der Waals surface area contributed by atoms with Gasteiger partial charge < -0.3 is 9.31 Å². The average Bonchev–Trinajstić information content (AvgIpc) is 2.98. The summed E-state index contributed by atoms with van der Waals surface area (Å²) >= 11 is 1.65. The molecule has 0 aliphatic carbocycles. The minimum Gasteiger partial charge on any atom is -0.401 e. The van der Waals surface area contributed by atoms with E-state index in [1.54, 1.807) is 11.3 Å². The highest BCUT2D eigenvalue weighted by Gasteiger charge is 2.44. The first-order valence-corrected chi connectivity index (χ1v) is 8.98. The van der Waals surface area contributed by atoms with Gasteiger partial charge in [0.2, 0.25) is 0 Å². The fourth-order valence-electron chi connectivity index (χ4n) is 2.70. The van der Waals surface area contributed by atoms with E-state index in [1.165, 1.54) is 0 Å². The number of benzene rings is 1. The van der Waals surface area contributed by atoms with Crippen molar-refractivity contribution in [2.75, 3.05) is 0 Å². The van der Waals surface area contributed by atoms with Gasteiger partial charge in [-0.05, 0) is 44.2 Å². The molecule has 1 unspecified atom stereocenters. The van der Waals surface area contributed by atoms with Crippen molar-refractivity contribution in [2.24, 2.45) is 5.92 Å². The lowest BCUT2D eigenvalue weighted by Crippen LogP contribution is -2.33. The first-order chi connectivity index (χ1) is 10.8. The van der Waals surface area contributed by atoms with Crippen LogP contribution in [0.1, 0.15) is 51.4 Å². The van der Waals surface area contributed by atoms with Crippen molar-refractivity contribution in [2.45, 2.75) is 52.7 Å². The molecule has 0 bridgehead atoms. The maximum Gasteiger partial charge on any atom is 0.505 e. The number of Topliss-reactive ketones (excluding diaryl/α,β-unsaturated/α-hetero) is 1. The van der Waals surface area contributed by atoms with Crippen molar-refractivity contribution < 1.29 is 14.1 Å². The fourth-order valence-corrected chi connectivity index (χ4v) is 3.77. The fraction of sp³-hybridized carbons (Fsp3) is 0.500. The predicted molar refractivity (Wildman–Crippen MR) is 96.7 cm³/mol. The minimum atomic E-state index is -0.313. The highest BCUT2D eigenvalue weighted by atomic mass is 32.1. The van der Waals surface area contributed by atoms with Crippen molar-refractivity contribution in [3.63, 3.8) is 0 Å². The number of ketones is 1. The Morgan fingerprint density at radius 3 is 2.70 bits per heavy atom. The van der Waals surface area contributed by atoms with Gasteiger partial charge in [0.05, 0.1) is 11.7 Å². The molecule has 0 radical (unpaired) electrons. The van der Waals surface area contributed by atoms with E-state index in [0.29, 0.717) is 12.3 Å². The summed E-state index contributed by atoms with van der Waals surface area (Å²) in [7, 11) is -0.313. The highest BCUT2D eigenvalue weighted by Crippen LogP contribution is 2.30. The van der Waals surface area contributed by atoms with Crippen LogP contribution in [-0.4, -0.2) is 24.6 Å². The molecule has 5 heteroatoms. The summed E-state index contributed by atoms with van der Waals surface area (Å²) in [6, 6.07) is 8.05. The van der Waals surface area contributed by atoms with Gasteiger partial charge in [0.15, 0.2) is 5.78 Å². The summed E-state index contributed by atoms with van der Waals surface area (Å²) in [5.41, 5.74) is 0.515. The molecular weight excluding hydrogens is 307 g/mol. The van der Waals surface area contributed by atoms with Crippen molar-refractivity contribution in [1.29, 1.82) is 0 Å². The molecule has 1 fully saturated rings. The molecule has 0 saturated carbocycles.